The molecule has 2 heterocycles. The zero-order chi connectivity index (χ0) is 23.3. The van der Waals surface area contributed by atoms with Crippen molar-refractivity contribution in [3.63, 3.8) is 0 Å². The van der Waals surface area contributed by atoms with Gasteiger partial charge in [0.1, 0.15) is 0 Å². The predicted molar refractivity (Wildman–Crippen MR) is 145 cm³/mol. The van der Waals surface area contributed by atoms with Gasteiger partial charge in [-0.05, 0) is 84.2 Å². The number of hydrogen-bond donors (Lipinski definition) is 0. The average molecular weight is 450 g/mol. The second-order valence-corrected chi connectivity index (χ2v) is 11.6. The molecule has 0 radical (unpaired) electrons. The molecule has 33 heavy (non-hydrogen) atoms. The number of benzene rings is 3. The van der Waals surface area contributed by atoms with Gasteiger partial charge in [-0.2, -0.15) is 0 Å². The lowest BCUT2D eigenvalue weighted by atomic mass is 9.88. The van der Waals surface area contributed by atoms with E-state index in [0.717, 1.165) is 12.1 Å². The quantitative estimate of drug-likeness (QED) is 0.267. The van der Waals surface area contributed by atoms with E-state index in [1.54, 1.807) is 0 Å². The number of thiophene rings is 1. The highest BCUT2D eigenvalue weighted by atomic mass is 32.1. The van der Waals surface area contributed by atoms with Crippen LogP contribution in [0.3, 0.4) is 0 Å². The van der Waals surface area contributed by atoms with Crippen LogP contribution in [0.5, 0.6) is 0 Å². The van der Waals surface area contributed by atoms with E-state index in [9.17, 15) is 0 Å². The van der Waals surface area contributed by atoms with E-state index in [1.165, 1.54) is 59.1 Å². The molecule has 0 aliphatic carbocycles. The summed E-state index contributed by atoms with van der Waals surface area (Å²) in [6.45, 7) is 13.5. The van der Waals surface area contributed by atoms with Crippen LogP contribution in [-0.2, 0) is 6.42 Å². The van der Waals surface area contributed by atoms with E-state index < -0.39 is 0 Å². The minimum atomic E-state index is 0.253. The number of aryl methyl sites for hydroxylation is 3. The van der Waals surface area contributed by atoms with Crippen molar-refractivity contribution < 1.29 is 0 Å². The molecule has 1 nitrogen and oxygen atoms in total. The van der Waals surface area contributed by atoms with E-state index in [-0.39, 0.29) is 5.41 Å². The second kappa shape index (κ2) is 8.11. The van der Waals surface area contributed by atoms with Crippen LogP contribution in [0.2, 0.25) is 0 Å². The van der Waals surface area contributed by atoms with Gasteiger partial charge in [0, 0.05) is 31.9 Å². The summed E-state index contributed by atoms with van der Waals surface area (Å²) in [6, 6.07) is 22.5. The van der Waals surface area contributed by atoms with Crippen molar-refractivity contribution in [1.29, 1.82) is 0 Å². The molecule has 0 spiro atoms. The van der Waals surface area contributed by atoms with E-state index in [4.69, 9.17) is 4.98 Å². The molecule has 0 saturated carbocycles. The van der Waals surface area contributed by atoms with Crippen molar-refractivity contribution >= 4 is 31.5 Å². The van der Waals surface area contributed by atoms with Gasteiger partial charge >= 0.3 is 0 Å². The Hall–Kier alpha value is -2.97. The summed E-state index contributed by atoms with van der Waals surface area (Å²) in [5, 5.41) is 2.71. The molecule has 0 atom stereocenters. The number of pyridine rings is 1. The van der Waals surface area contributed by atoms with Gasteiger partial charge in [0.25, 0.3) is 0 Å². The lowest BCUT2D eigenvalue weighted by molar-refractivity contribution is 0.411. The predicted octanol–water partition coefficient (Wildman–Crippen LogP) is 9.30. The van der Waals surface area contributed by atoms with Crippen molar-refractivity contribution in [3.8, 4) is 22.4 Å². The maximum atomic E-state index is 4.78. The number of fused-ring (bicyclic) bond motifs is 3. The fraction of sp³-hybridized carbons (Fsp3) is 0.258. The van der Waals surface area contributed by atoms with Crippen LogP contribution < -0.4 is 0 Å². The van der Waals surface area contributed by atoms with Crippen molar-refractivity contribution in [2.24, 2.45) is 5.41 Å². The molecule has 3 aromatic carbocycles. The zero-order valence-corrected chi connectivity index (χ0v) is 21.2. The molecule has 2 aromatic heterocycles. The molecule has 0 aliphatic rings. The molecule has 5 aromatic rings. The Bertz CT molecular complexity index is 1480. The monoisotopic (exact) mass is 449 g/mol. The third-order valence-electron chi connectivity index (χ3n) is 6.43. The zero-order valence-electron chi connectivity index (χ0n) is 20.4. The van der Waals surface area contributed by atoms with Crippen LogP contribution in [0.25, 0.3) is 42.6 Å². The van der Waals surface area contributed by atoms with E-state index in [0.29, 0.717) is 0 Å². The van der Waals surface area contributed by atoms with Crippen LogP contribution in [0.15, 0.2) is 66.9 Å². The Morgan fingerprint density at radius 1 is 0.818 bits per heavy atom. The minimum Gasteiger partial charge on any atom is -0.256 e. The van der Waals surface area contributed by atoms with Crippen LogP contribution >= 0.6 is 11.3 Å². The van der Waals surface area contributed by atoms with Gasteiger partial charge in [-0.15, -0.1) is 11.3 Å². The maximum Gasteiger partial charge on any atom is 0.0719 e. The molecule has 0 bridgehead atoms. The molecule has 0 saturated heterocycles. The number of nitrogens with zero attached hydrogens (tertiary/aromatic N) is 1. The summed E-state index contributed by atoms with van der Waals surface area (Å²) >= 11 is 1.90. The van der Waals surface area contributed by atoms with Crippen molar-refractivity contribution in [2.75, 3.05) is 0 Å². The first-order chi connectivity index (χ1) is 15.7. The van der Waals surface area contributed by atoms with Crippen molar-refractivity contribution in [3.05, 3.63) is 89.1 Å². The SMILES string of the molecule is Cc1cccc(C)c1-c1ccc2c(c1)sc1c(-c3cc(CC(C)(C)C)ccn3)ccc(C)c12. The highest BCUT2D eigenvalue weighted by Gasteiger charge is 2.17. The van der Waals surface area contributed by atoms with Crippen LogP contribution in [-0.4, -0.2) is 4.98 Å². The van der Waals surface area contributed by atoms with Gasteiger partial charge in [0.15, 0.2) is 0 Å². The molecule has 2 heteroatoms. The first-order valence-electron chi connectivity index (χ1n) is 11.7. The molecule has 5 rings (SSSR count). The molecular weight excluding hydrogens is 418 g/mol. The number of rotatable bonds is 3. The molecule has 0 aliphatic heterocycles. The summed E-state index contributed by atoms with van der Waals surface area (Å²) in [7, 11) is 0. The topological polar surface area (TPSA) is 12.9 Å². The lowest BCUT2D eigenvalue weighted by Gasteiger charge is -2.18. The first-order valence-corrected chi connectivity index (χ1v) is 12.5. The third kappa shape index (κ3) is 4.09. The van der Waals surface area contributed by atoms with E-state index >= 15 is 0 Å². The lowest BCUT2D eigenvalue weighted by Crippen LogP contribution is -2.09. The first kappa shape index (κ1) is 21.9. The number of aromatic nitrogens is 1. The Morgan fingerprint density at radius 2 is 1.58 bits per heavy atom. The Morgan fingerprint density at radius 3 is 2.30 bits per heavy atom. The molecule has 166 valence electrons. The van der Waals surface area contributed by atoms with Gasteiger partial charge in [-0.25, -0.2) is 0 Å². The van der Waals surface area contributed by atoms with Crippen LogP contribution in [0.1, 0.15) is 43.0 Å². The molecule has 0 fully saturated rings. The van der Waals surface area contributed by atoms with Crippen molar-refractivity contribution in [2.45, 2.75) is 48.0 Å². The van der Waals surface area contributed by atoms with E-state index in [1.807, 2.05) is 17.5 Å². The molecule has 0 amide bonds. The number of hydrogen-bond acceptors (Lipinski definition) is 2. The van der Waals surface area contributed by atoms with Gasteiger partial charge < -0.3 is 0 Å². The van der Waals surface area contributed by atoms with Crippen molar-refractivity contribution in [1.82, 2.24) is 4.98 Å². The molecule has 0 N–H and O–H groups in total. The fourth-order valence-corrected chi connectivity index (χ4v) is 6.36. The average Bonchev–Trinajstić information content (AvgIpc) is 3.12. The summed E-state index contributed by atoms with van der Waals surface area (Å²) in [5.41, 5.74) is 10.5. The van der Waals surface area contributed by atoms with Crippen LogP contribution in [0, 0.1) is 26.2 Å². The third-order valence-corrected chi connectivity index (χ3v) is 7.62. The molecule has 0 unspecified atom stereocenters. The second-order valence-electron chi connectivity index (χ2n) is 10.5. The highest BCUT2D eigenvalue weighted by molar-refractivity contribution is 7.26. The maximum absolute atomic E-state index is 4.78. The Labute approximate surface area is 201 Å². The van der Waals surface area contributed by atoms with Gasteiger partial charge in [-0.1, -0.05) is 63.2 Å². The van der Waals surface area contributed by atoms with Crippen LogP contribution in [0.4, 0.5) is 0 Å². The summed E-state index contributed by atoms with van der Waals surface area (Å²) in [4.78, 5) is 4.78. The standard InChI is InChI=1S/C31H31NS/c1-19-8-7-9-20(2)28(19)23-11-13-25-27(17-23)33-30-24(12-10-21(3)29(25)30)26-16-22(14-15-32-26)18-31(4,5)6/h7-17H,18H2,1-6H3. The molecular formula is C31H31NS. The van der Waals surface area contributed by atoms with Gasteiger partial charge in [0.05, 0.1) is 5.69 Å². The normalized spacial score (nSPS) is 12.1. The Kier molecular flexibility index (Phi) is 5.37. The largest absolute Gasteiger partial charge is 0.256 e. The summed E-state index contributed by atoms with van der Waals surface area (Å²) in [5.74, 6) is 0. The smallest absolute Gasteiger partial charge is 0.0719 e. The van der Waals surface area contributed by atoms with Gasteiger partial charge in [0.2, 0.25) is 0 Å². The summed E-state index contributed by atoms with van der Waals surface area (Å²) in [6.07, 6.45) is 3.01. The van der Waals surface area contributed by atoms with E-state index in [2.05, 4.69) is 102 Å². The summed E-state index contributed by atoms with van der Waals surface area (Å²) < 4.78 is 2.68. The fourth-order valence-electron chi connectivity index (χ4n) is 5.02. The minimum absolute atomic E-state index is 0.253. The highest BCUT2D eigenvalue weighted by Crippen LogP contribution is 2.43. The Balaban J connectivity index is 1.70. The van der Waals surface area contributed by atoms with Gasteiger partial charge in [-0.3, -0.25) is 4.98 Å².